The van der Waals surface area contributed by atoms with Crippen LogP contribution < -0.4 is 4.90 Å². The van der Waals surface area contributed by atoms with Crippen LogP contribution in [0.1, 0.15) is 10.4 Å². The SMILES string of the molecule is O=C(c1ccc2nc3c4ncccc4c4cccnc4c3nc2c1)N1CCN(c2ccccc2)CC1. The van der Waals surface area contributed by atoms with Crippen molar-refractivity contribution in [2.45, 2.75) is 0 Å². The van der Waals surface area contributed by atoms with E-state index in [9.17, 15) is 4.79 Å². The summed E-state index contributed by atoms with van der Waals surface area (Å²) >= 11 is 0. The summed E-state index contributed by atoms with van der Waals surface area (Å²) in [5, 5.41) is 1.99. The van der Waals surface area contributed by atoms with E-state index in [1.54, 1.807) is 12.4 Å². The average Bonchev–Trinajstić information content (AvgIpc) is 2.96. The first-order valence-electron chi connectivity index (χ1n) is 12.1. The summed E-state index contributed by atoms with van der Waals surface area (Å²) in [4.78, 5) is 36.7. The molecule has 7 heteroatoms. The highest BCUT2D eigenvalue weighted by Crippen LogP contribution is 2.32. The molecule has 0 spiro atoms. The maximum Gasteiger partial charge on any atom is 0.254 e. The van der Waals surface area contributed by atoms with E-state index in [0.29, 0.717) is 29.7 Å². The van der Waals surface area contributed by atoms with Gasteiger partial charge in [0.1, 0.15) is 11.0 Å². The Balaban J connectivity index is 1.26. The van der Waals surface area contributed by atoms with Crippen LogP contribution in [0.15, 0.2) is 85.2 Å². The number of carbonyl (C=O) groups excluding carboxylic acids is 1. The van der Waals surface area contributed by atoms with Crippen molar-refractivity contribution in [3.05, 3.63) is 90.8 Å². The average molecular weight is 471 g/mol. The van der Waals surface area contributed by atoms with Gasteiger partial charge in [-0.15, -0.1) is 0 Å². The molecule has 6 aromatic rings. The van der Waals surface area contributed by atoms with Crippen LogP contribution in [0.3, 0.4) is 0 Å². The lowest BCUT2D eigenvalue weighted by Crippen LogP contribution is -2.48. The lowest BCUT2D eigenvalue weighted by atomic mass is 10.1. The van der Waals surface area contributed by atoms with Crippen molar-refractivity contribution in [1.82, 2.24) is 24.8 Å². The normalized spacial score (nSPS) is 14.2. The monoisotopic (exact) mass is 470 g/mol. The second kappa shape index (κ2) is 8.23. The number of piperazine rings is 1. The molecule has 0 unspecified atom stereocenters. The van der Waals surface area contributed by atoms with Crippen LogP contribution >= 0.6 is 0 Å². The van der Waals surface area contributed by atoms with Crippen molar-refractivity contribution >= 4 is 55.5 Å². The second-order valence-electron chi connectivity index (χ2n) is 9.04. The van der Waals surface area contributed by atoms with Gasteiger partial charge in [-0.25, -0.2) is 9.97 Å². The van der Waals surface area contributed by atoms with Crippen LogP contribution in [0.4, 0.5) is 5.69 Å². The van der Waals surface area contributed by atoms with Gasteiger partial charge >= 0.3 is 0 Å². The van der Waals surface area contributed by atoms with Crippen LogP contribution in [0.2, 0.25) is 0 Å². The predicted molar refractivity (Wildman–Crippen MR) is 142 cm³/mol. The quantitative estimate of drug-likeness (QED) is 0.266. The Bertz CT molecular complexity index is 1780. The number of hydrogen-bond donors (Lipinski definition) is 0. The number of para-hydroxylation sites is 1. The zero-order valence-electron chi connectivity index (χ0n) is 19.5. The molecule has 0 N–H and O–H groups in total. The molecule has 0 bridgehead atoms. The van der Waals surface area contributed by atoms with Crippen molar-refractivity contribution in [2.75, 3.05) is 31.1 Å². The Morgan fingerprint density at radius 2 is 1.28 bits per heavy atom. The first-order valence-corrected chi connectivity index (χ1v) is 12.1. The highest BCUT2D eigenvalue weighted by molar-refractivity contribution is 6.21. The van der Waals surface area contributed by atoms with Crippen LogP contribution in [0.25, 0.3) is 43.9 Å². The number of pyridine rings is 2. The van der Waals surface area contributed by atoms with E-state index in [-0.39, 0.29) is 5.91 Å². The van der Waals surface area contributed by atoms with Gasteiger partial charge in [0, 0.05) is 60.6 Å². The first-order chi connectivity index (χ1) is 17.8. The molecule has 1 fully saturated rings. The second-order valence-corrected chi connectivity index (χ2v) is 9.04. The molecule has 4 heterocycles. The molecule has 3 aromatic carbocycles. The molecular formula is C29H22N6O. The van der Waals surface area contributed by atoms with Gasteiger partial charge < -0.3 is 9.80 Å². The molecule has 0 aliphatic carbocycles. The fourth-order valence-corrected chi connectivity index (χ4v) is 5.13. The molecule has 1 amide bonds. The Morgan fingerprint density at radius 3 is 1.94 bits per heavy atom. The van der Waals surface area contributed by atoms with Crippen molar-refractivity contribution in [1.29, 1.82) is 0 Å². The first kappa shape index (κ1) is 20.7. The van der Waals surface area contributed by atoms with E-state index in [0.717, 1.165) is 45.9 Å². The number of fused-ring (bicyclic) bond motifs is 7. The third-order valence-electron chi connectivity index (χ3n) is 6.95. The van der Waals surface area contributed by atoms with Crippen LogP contribution in [-0.4, -0.2) is 56.9 Å². The van der Waals surface area contributed by atoms with E-state index < -0.39 is 0 Å². The van der Waals surface area contributed by atoms with Gasteiger partial charge in [-0.1, -0.05) is 30.3 Å². The molecule has 174 valence electrons. The number of benzene rings is 3. The number of anilines is 1. The van der Waals surface area contributed by atoms with E-state index in [1.807, 2.05) is 65.6 Å². The molecule has 1 saturated heterocycles. The van der Waals surface area contributed by atoms with Crippen molar-refractivity contribution in [3.8, 4) is 0 Å². The number of amides is 1. The Labute approximate surface area is 207 Å². The molecule has 0 radical (unpaired) electrons. The Kier molecular flexibility index (Phi) is 4.73. The minimum atomic E-state index is 0.0228. The molecule has 36 heavy (non-hydrogen) atoms. The van der Waals surface area contributed by atoms with Gasteiger partial charge in [-0.2, -0.15) is 0 Å². The standard InChI is InChI=1S/C29H22N6O/c36-29(35-16-14-34(15-17-35)20-6-2-1-3-7-20)19-10-11-23-24(18-19)33-28-26-22(9-5-13-31-26)21-8-4-12-30-25(21)27(28)32-23/h1-13,18H,14-17H2. The topological polar surface area (TPSA) is 75.1 Å². The summed E-state index contributed by atoms with van der Waals surface area (Å²) < 4.78 is 0. The minimum absolute atomic E-state index is 0.0228. The summed E-state index contributed by atoms with van der Waals surface area (Å²) in [5.41, 5.74) is 6.25. The van der Waals surface area contributed by atoms with Gasteiger partial charge in [0.25, 0.3) is 5.91 Å². The van der Waals surface area contributed by atoms with Crippen LogP contribution in [-0.2, 0) is 0 Å². The summed E-state index contributed by atoms with van der Waals surface area (Å²) in [6.07, 6.45) is 3.54. The van der Waals surface area contributed by atoms with Crippen molar-refractivity contribution < 1.29 is 4.79 Å². The van der Waals surface area contributed by atoms with Crippen molar-refractivity contribution in [3.63, 3.8) is 0 Å². The third-order valence-corrected chi connectivity index (χ3v) is 6.95. The third kappa shape index (κ3) is 3.32. The number of hydrogen-bond acceptors (Lipinski definition) is 6. The fraction of sp³-hybridized carbons (Fsp3) is 0.138. The van der Waals surface area contributed by atoms with Gasteiger partial charge in [0.2, 0.25) is 0 Å². The van der Waals surface area contributed by atoms with Crippen LogP contribution in [0, 0.1) is 0 Å². The van der Waals surface area contributed by atoms with Gasteiger partial charge in [0.05, 0.1) is 22.1 Å². The summed E-state index contributed by atoms with van der Waals surface area (Å²) in [6.45, 7) is 2.99. The number of rotatable bonds is 2. The highest BCUT2D eigenvalue weighted by Gasteiger charge is 2.23. The van der Waals surface area contributed by atoms with E-state index >= 15 is 0 Å². The maximum atomic E-state index is 13.4. The summed E-state index contributed by atoms with van der Waals surface area (Å²) in [7, 11) is 0. The predicted octanol–water partition coefficient (Wildman–Crippen LogP) is 4.84. The Morgan fingerprint density at radius 1 is 0.639 bits per heavy atom. The number of carbonyl (C=O) groups is 1. The molecule has 3 aromatic heterocycles. The summed E-state index contributed by atoms with van der Waals surface area (Å²) in [6, 6.07) is 23.8. The van der Waals surface area contributed by atoms with Gasteiger partial charge in [-0.3, -0.25) is 14.8 Å². The zero-order chi connectivity index (χ0) is 24.1. The van der Waals surface area contributed by atoms with Crippen LogP contribution in [0.5, 0.6) is 0 Å². The number of aromatic nitrogens is 4. The zero-order valence-corrected chi connectivity index (χ0v) is 19.5. The molecule has 1 aliphatic heterocycles. The largest absolute Gasteiger partial charge is 0.368 e. The van der Waals surface area contributed by atoms with E-state index in [2.05, 4.69) is 27.0 Å². The maximum absolute atomic E-state index is 13.4. The molecule has 7 rings (SSSR count). The molecule has 1 aliphatic rings. The molecule has 0 saturated carbocycles. The Hall–Kier alpha value is -4.65. The van der Waals surface area contributed by atoms with Gasteiger partial charge in [-0.05, 0) is 42.5 Å². The van der Waals surface area contributed by atoms with E-state index in [4.69, 9.17) is 9.97 Å². The number of nitrogens with zero attached hydrogens (tertiary/aromatic N) is 6. The highest BCUT2D eigenvalue weighted by atomic mass is 16.2. The molecule has 7 nitrogen and oxygen atoms in total. The lowest BCUT2D eigenvalue weighted by Gasteiger charge is -2.36. The van der Waals surface area contributed by atoms with Gasteiger partial charge in [0.15, 0.2) is 0 Å². The smallest absolute Gasteiger partial charge is 0.254 e. The van der Waals surface area contributed by atoms with E-state index in [1.165, 1.54) is 5.69 Å². The molecular weight excluding hydrogens is 448 g/mol. The lowest BCUT2D eigenvalue weighted by molar-refractivity contribution is 0.0747. The van der Waals surface area contributed by atoms with Crippen molar-refractivity contribution in [2.24, 2.45) is 0 Å². The molecule has 0 atom stereocenters. The fourth-order valence-electron chi connectivity index (χ4n) is 5.13. The summed E-state index contributed by atoms with van der Waals surface area (Å²) in [5.74, 6) is 0.0228. The minimum Gasteiger partial charge on any atom is -0.368 e.